The zero-order valence-corrected chi connectivity index (χ0v) is 28.4. The van der Waals surface area contributed by atoms with E-state index in [1.165, 1.54) is 31.4 Å². The molecule has 2 aliphatic heterocycles. The Balaban J connectivity index is 1.45. The Kier molecular flexibility index (Phi) is 7.83. The number of amides is 4. The van der Waals surface area contributed by atoms with Crippen LogP contribution in [0.4, 0.5) is 33.3 Å². The molecule has 6 unspecified atom stereocenters. The second-order valence-corrected chi connectivity index (χ2v) is 14.6. The molecule has 4 amide bonds. The van der Waals surface area contributed by atoms with E-state index >= 15 is 8.78 Å². The second kappa shape index (κ2) is 11.4. The number of allylic oxidation sites excluding steroid dienone is 2. The fourth-order valence-corrected chi connectivity index (χ4v) is 8.98. The molecule has 2 aliphatic carbocycles. The van der Waals surface area contributed by atoms with Crippen LogP contribution in [0.15, 0.2) is 54.1 Å². The van der Waals surface area contributed by atoms with Crippen LogP contribution in [-0.2, 0) is 19.2 Å². The fourth-order valence-electron chi connectivity index (χ4n) is 7.69. The molecule has 0 bridgehead atoms. The van der Waals surface area contributed by atoms with E-state index in [-0.39, 0.29) is 33.9 Å². The minimum absolute atomic E-state index is 0.0467. The Morgan fingerprint density at radius 2 is 1.45 bits per heavy atom. The molecule has 16 heteroatoms. The zero-order chi connectivity index (χ0) is 35.5. The van der Waals surface area contributed by atoms with Crippen molar-refractivity contribution in [3.63, 3.8) is 0 Å². The predicted octanol–water partition coefficient (Wildman–Crippen LogP) is 6.47. The number of phenolic OH excluding ortho intramolecular Hbond substituents is 1. The standard InChI is InChI=1S/C33H20Cl2F5IN2O6/c1-49-18-4-2-3-16(27(18)44)20-14-9-10-15-19(29(46)42(28(15)45)13-7-5-12(41)6-8-13)17(14)11-32(34)30(47)43(31(48)33(20,32)35)26-24(39)22(37)21(36)23(38)25(26)40/h2-9,15,17,19-20,44H,10-11H2,1H3. The Morgan fingerprint density at radius 3 is 2.06 bits per heavy atom. The molecule has 49 heavy (non-hydrogen) atoms. The molecule has 7 rings (SSSR count). The first-order valence-electron chi connectivity index (χ1n) is 14.6. The Hall–Kier alpha value is -3.76. The lowest BCUT2D eigenvalue weighted by Crippen LogP contribution is -2.60. The molecule has 0 aromatic heterocycles. The summed E-state index contributed by atoms with van der Waals surface area (Å²) < 4.78 is 79.3. The molecule has 3 fully saturated rings. The lowest BCUT2D eigenvalue weighted by atomic mass is 9.56. The fraction of sp³-hybridized carbons (Fsp3) is 0.273. The maximum Gasteiger partial charge on any atom is 0.258 e. The third-order valence-electron chi connectivity index (χ3n) is 9.87. The van der Waals surface area contributed by atoms with Crippen LogP contribution >= 0.6 is 45.8 Å². The average Bonchev–Trinajstić information content (AvgIpc) is 3.42. The number of para-hydroxylation sites is 1. The molecule has 3 aromatic rings. The molecule has 1 N–H and O–H groups in total. The number of benzene rings is 3. The number of anilines is 2. The van der Waals surface area contributed by atoms with Crippen molar-refractivity contribution in [2.75, 3.05) is 16.9 Å². The summed E-state index contributed by atoms with van der Waals surface area (Å²) in [6, 6.07) is 10.6. The largest absolute Gasteiger partial charge is 0.504 e. The number of imide groups is 2. The highest BCUT2D eigenvalue weighted by atomic mass is 127. The van der Waals surface area contributed by atoms with Gasteiger partial charge in [0, 0.05) is 15.1 Å². The van der Waals surface area contributed by atoms with Crippen LogP contribution in [0.25, 0.3) is 0 Å². The summed E-state index contributed by atoms with van der Waals surface area (Å²) in [5.74, 6) is -22.4. The van der Waals surface area contributed by atoms with Gasteiger partial charge in [0.1, 0.15) is 5.69 Å². The Bertz CT molecular complexity index is 2040. The van der Waals surface area contributed by atoms with Gasteiger partial charge in [-0.3, -0.25) is 24.1 Å². The van der Waals surface area contributed by atoms with E-state index in [0.29, 0.717) is 0 Å². The summed E-state index contributed by atoms with van der Waals surface area (Å²) in [4.78, 5) is 51.8. The van der Waals surface area contributed by atoms with Gasteiger partial charge in [-0.15, -0.1) is 23.2 Å². The minimum Gasteiger partial charge on any atom is -0.504 e. The van der Waals surface area contributed by atoms with Gasteiger partial charge >= 0.3 is 0 Å². The SMILES string of the molecule is COc1cccc(C2C3=CCC4C(=O)N(c5ccc(I)cc5)C(=O)C4C3CC3(Cl)C(=O)N(c4c(F)c(F)c(F)c(F)c4F)C(=O)C23Cl)c1O. The number of fused-ring (bicyclic) bond motifs is 4. The summed E-state index contributed by atoms with van der Waals surface area (Å²) in [6.45, 7) is 0. The van der Waals surface area contributed by atoms with E-state index < -0.39 is 104 Å². The molecule has 6 atom stereocenters. The first-order valence-corrected chi connectivity index (χ1v) is 16.4. The number of aromatic hydroxyl groups is 1. The molecule has 2 heterocycles. The molecular formula is C33H20Cl2F5IN2O6. The van der Waals surface area contributed by atoms with Crippen molar-refractivity contribution >= 4 is 80.8 Å². The van der Waals surface area contributed by atoms with E-state index in [0.717, 1.165) is 8.47 Å². The van der Waals surface area contributed by atoms with Gasteiger partial charge in [0.15, 0.2) is 44.5 Å². The van der Waals surface area contributed by atoms with Gasteiger partial charge in [-0.1, -0.05) is 23.8 Å². The number of halogens is 8. The van der Waals surface area contributed by atoms with Crippen molar-refractivity contribution in [1.82, 2.24) is 0 Å². The molecule has 8 nitrogen and oxygen atoms in total. The van der Waals surface area contributed by atoms with Gasteiger partial charge in [-0.2, -0.15) is 0 Å². The summed E-state index contributed by atoms with van der Waals surface area (Å²) in [6.07, 6.45) is 0.828. The van der Waals surface area contributed by atoms with Crippen LogP contribution in [0.5, 0.6) is 11.5 Å². The average molecular weight is 833 g/mol. The van der Waals surface area contributed by atoms with Gasteiger partial charge < -0.3 is 9.84 Å². The number of carbonyl (C=O) groups excluding carboxylic acids is 4. The number of hydrogen-bond acceptors (Lipinski definition) is 6. The van der Waals surface area contributed by atoms with Crippen LogP contribution < -0.4 is 14.5 Å². The third kappa shape index (κ3) is 4.32. The van der Waals surface area contributed by atoms with Crippen LogP contribution in [-0.4, -0.2) is 45.6 Å². The van der Waals surface area contributed by atoms with Crippen LogP contribution in [0.2, 0.25) is 0 Å². The molecular weight excluding hydrogens is 813 g/mol. The van der Waals surface area contributed by atoms with Crippen LogP contribution in [0.3, 0.4) is 0 Å². The maximum absolute atomic E-state index is 15.2. The summed E-state index contributed by atoms with van der Waals surface area (Å²) in [7, 11) is 1.23. The lowest BCUT2D eigenvalue weighted by molar-refractivity contribution is -0.125. The number of methoxy groups -OCH3 is 1. The minimum atomic E-state index is -2.77. The van der Waals surface area contributed by atoms with Crippen LogP contribution in [0.1, 0.15) is 24.3 Å². The molecule has 0 radical (unpaired) electrons. The Labute approximate surface area is 297 Å². The monoisotopic (exact) mass is 832 g/mol. The van der Waals surface area contributed by atoms with Crippen molar-refractivity contribution < 1.29 is 51.0 Å². The maximum atomic E-state index is 15.2. The number of carbonyl (C=O) groups is 4. The molecule has 254 valence electrons. The second-order valence-electron chi connectivity index (χ2n) is 12.1. The van der Waals surface area contributed by atoms with Crippen molar-refractivity contribution in [2.24, 2.45) is 17.8 Å². The number of alkyl halides is 2. The van der Waals surface area contributed by atoms with E-state index in [4.69, 9.17) is 27.9 Å². The zero-order valence-electron chi connectivity index (χ0n) is 24.7. The van der Waals surface area contributed by atoms with Crippen molar-refractivity contribution in [1.29, 1.82) is 0 Å². The van der Waals surface area contributed by atoms with E-state index in [9.17, 15) is 37.5 Å². The summed E-state index contributed by atoms with van der Waals surface area (Å²) in [5.41, 5.74) is -1.56. The molecule has 2 saturated heterocycles. The normalized spacial score (nSPS) is 29.2. The van der Waals surface area contributed by atoms with Gasteiger partial charge in [0.25, 0.3) is 11.8 Å². The smallest absolute Gasteiger partial charge is 0.258 e. The number of nitrogens with zero attached hydrogens (tertiary/aromatic N) is 2. The lowest BCUT2D eigenvalue weighted by Gasteiger charge is -2.50. The van der Waals surface area contributed by atoms with Crippen LogP contribution in [0, 0.1) is 50.4 Å². The summed E-state index contributed by atoms with van der Waals surface area (Å²) >= 11 is 16.3. The van der Waals surface area contributed by atoms with E-state index in [1.807, 2.05) is 0 Å². The number of hydrogen-bond donors (Lipinski definition) is 1. The van der Waals surface area contributed by atoms with Gasteiger partial charge in [0.05, 0.1) is 24.6 Å². The summed E-state index contributed by atoms with van der Waals surface area (Å²) in [5, 5.41) is 11.3. The van der Waals surface area contributed by atoms with E-state index in [1.54, 1.807) is 24.3 Å². The number of phenols is 1. The number of rotatable bonds is 4. The van der Waals surface area contributed by atoms with Gasteiger partial charge in [-0.25, -0.2) is 26.9 Å². The topological polar surface area (TPSA) is 104 Å². The predicted molar refractivity (Wildman–Crippen MR) is 173 cm³/mol. The molecule has 3 aromatic carbocycles. The highest BCUT2D eigenvalue weighted by Gasteiger charge is 2.77. The van der Waals surface area contributed by atoms with Crippen molar-refractivity contribution in [3.05, 3.63) is 92.3 Å². The first-order chi connectivity index (χ1) is 23.1. The highest BCUT2D eigenvalue weighted by Crippen LogP contribution is 2.67. The first kappa shape index (κ1) is 33.7. The molecule has 1 saturated carbocycles. The molecule has 0 spiro atoms. The number of ether oxygens (including phenoxy) is 1. The quantitative estimate of drug-likeness (QED) is 0.0616. The van der Waals surface area contributed by atoms with Gasteiger partial charge in [-0.05, 0) is 71.7 Å². The highest BCUT2D eigenvalue weighted by molar-refractivity contribution is 14.1. The van der Waals surface area contributed by atoms with Gasteiger partial charge in [0.2, 0.25) is 17.6 Å². The van der Waals surface area contributed by atoms with Crippen molar-refractivity contribution in [2.45, 2.75) is 28.5 Å². The van der Waals surface area contributed by atoms with E-state index in [2.05, 4.69) is 22.6 Å². The third-order valence-corrected chi connectivity index (χ3v) is 12.0. The molecule has 4 aliphatic rings. The van der Waals surface area contributed by atoms with Crippen molar-refractivity contribution in [3.8, 4) is 11.5 Å². The Morgan fingerprint density at radius 1 is 0.837 bits per heavy atom.